The standard InChI is InChI=1S/C24H28FN5O3/c1-15-13-16(2)22(26-17(15)3)27-7-9-28(10-8-27)23(32)20-6-5-19(14-21(20)25)30-12-11-29(18(4)31)24(30)33/h5-6,13-14H,7-12H2,1-4H3. The van der Waals surface area contributed by atoms with Gasteiger partial charge < -0.3 is 9.80 Å². The summed E-state index contributed by atoms with van der Waals surface area (Å²) < 4.78 is 14.9. The summed E-state index contributed by atoms with van der Waals surface area (Å²) in [5, 5.41) is 0. The minimum absolute atomic E-state index is 0.0252. The molecule has 2 saturated heterocycles. The molecule has 0 N–H and O–H groups in total. The van der Waals surface area contributed by atoms with Crippen molar-refractivity contribution >= 4 is 29.4 Å². The van der Waals surface area contributed by atoms with Gasteiger partial charge in [-0.25, -0.2) is 14.2 Å². The molecule has 0 atom stereocenters. The maximum absolute atomic E-state index is 14.9. The zero-order valence-electron chi connectivity index (χ0n) is 19.4. The van der Waals surface area contributed by atoms with Crippen LogP contribution in [-0.2, 0) is 4.79 Å². The summed E-state index contributed by atoms with van der Waals surface area (Å²) in [7, 11) is 0. The molecular weight excluding hydrogens is 425 g/mol. The third kappa shape index (κ3) is 4.27. The highest BCUT2D eigenvalue weighted by Crippen LogP contribution is 2.25. The third-order valence-electron chi connectivity index (χ3n) is 6.38. The number of benzene rings is 1. The number of pyridine rings is 1. The number of piperazine rings is 1. The molecular formula is C24H28FN5O3. The maximum Gasteiger partial charge on any atom is 0.331 e. The molecule has 2 fully saturated rings. The average Bonchev–Trinajstić information content (AvgIpc) is 3.17. The Hall–Kier alpha value is -3.49. The normalized spacial score (nSPS) is 16.6. The van der Waals surface area contributed by atoms with Gasteiger partial charge in [-0.3, -0.25) is 19.4 Å². The Morgan fingerprint density at radius 3 is 2.24 bits per heavy atom. The lowest BCUT2D eigenvalue weighted by Crippen LogP contribution is -2.49. The van der Waals surface area contributed by atoms with E-state index in [1.54, 1.807) is 11.0 Å². The average molecular weight is 454 g/mol. The smallest absolute Gasteiger partial charge is 0.331 e. The summed E-state index contributed by atoms with van der Waals surface area (Å²) in [6.07, 6.45) is 0. The zero-order valence-corrected chi connectivity index (χ0v) is 19.4. The van der Waals surface area contributed by atoms with Gasteiger partial charge in [0.05, 0.1) is 5.56 Å². The molecule has 9 heteroatoms. The lowest BCUT2D eigenvalue weighted by Gasteiger charge is -2.36. The second-order valence-electron chi connectivity index (χ2n) is 8.58. The van der Waals surface area contributed by atoms with Crippen LogP contribution in [0.3, 0.4) is 0 Å². The Morgan fingerprint density at radius 1 is 0.939 bits per heavy atom. The van der Waals surface area contributed by atoms with E-state index in [9.17, 15) is 18.8 Å². The van der Waals surface area contributed by atoms with Crippen molar-refractivity contribution in [2.45, 2.75) is 27.7 Å². The van der Waals surface area contributed by atoms with E-state index in [0.29, 0.717) is 38.4 Å². The number of aromatic nitrogens is 1. The van der Waals surface area contributed by atoms with Crippen molar-refractivity contribution in [3.8, 4) is 0 Å². The number of rotatable bonds is 3. The Morgan fingerprint density at radius 2 is 1.64 bits per heavy atom. The number of carbonyl (C=O) groups is 3. The molecule has 0 unspecified atom stereocenters. The van der Waals surface area contributed by atoms with E-state index in [2.05, 4.69) is 11.0 Å². The van der Waals surface area contributed by atoms with E-state index in [-0.39, 0.29) is 23.9 Å². The fraction of sp³-hybridized carbons (Fsp3) is 0.417. The number of anilines is 2. The second kappa shape index (κ2) is 8.80. The van der Waals surface area contributed by atoms with E-state index in [1.165, 1.54) is 24.0 Å². The van der Waals surface area contributed by atoms with Gasteiger partial charge in [0, 0.05) is 57.6 Å². The highest BCUT2D eigenvalue weighted by Gasteiger charge is 2.33. The molecule has 0 spiro atoms. The SMILES string of the molecule is CC(=O)N1CCN(c2ccc(C(=O)N3CCN(c4nc(C)c(C)cc4C)CC3)c(F)c2)C1=O. The fourth-order valence-corrected chi connectivity index (χ4v) is 4.35. The number of hydrogen-bond donors (Lipinski definition) is 0. The minimum atomic E-state index is -0.680. The lowest BCUT2D eigenvalue weighted by atomic mass is 10.1. The molecule has 0 aliphatic carbocycles. The quantitative estimate of drug-likeness (QED) is 0.714. The summed E-state index contributed by atoms with van der Waals surface area (Å²) in [6, 6.07) is 5.79. The first-order valence-electron chi connectivity index (χ1n) is 11.1. The van der Waals surface area contributed by atoms with E-state index < -0.39 is 11.8 Å². The zero-order chi connectivity index (χ0) is 23.9. The maximum atomic E-state index is 14.9. The van der Waals surface area contributed by atoms with Gasteiger partial charge in [-0.15, -0.1) is 0 Å². The molecule has 0 saturated carbocycles. The first-order valence-corrected chi connectivity index (χ1v) is 11.1. The van der Waals surface area contributed by atoms with Crippen molar-refractivity contribution < 1.29 is 18.8 Å². The van der Waals surface area contributed by atoms with Crippen LogP contribution in [0.25, 0.3) is 0 Å². The summed E-state index contributed by atoms with van der Waals surface area (Å²) in [4.78, 5) is 47.8. The van der Waals surface area contributed by atoms with Gasteiger partial charge in [0.15, 0.2) is 0 Å². The van der Waals surface area contributed by atoms with Crippen LogP contribution >= 0.6 is 0 Å². The van der Waals surface area contributed by atoms with Gasteiger partial charge in [-0.2, -0.15) is 0 Å². The number of urea groups is 1. The molecule has 2 aliphatic heterocycles. The Bertz CT molecular complexity index is 1130. The number of carbonyl (C=O) groups excluding carboxylic acids is 3. The van der Waals surface area contributed by atoms with E-state index in [4.69, 9.17) is 4.98 Å². The van der Waals surface area contributed by atoms with Gasteiger partial charge in [0.25, 0.3) is 5.91 Å². The van der Waals surface area contributed by atoms with Crippen molar-refractivity contribution in [1.82, 2.24) is 14.8 Å². The summed E-state index contributed by atoms with van der Waals surface area (Å²) in [5.74, 6) is -0.474. The molecule has 8 nitrogen and oxygen atoms in total. The van der Waals surface area contributed by atoms with Crippen LogP contribution in [0.15, 0.2) is 24.3 Å². The van der Waals surface area contributed by atoms with Gasteiger partial charge in [0.2, 0.25) is 5.91 Å². The van der Waals surface area contributed by atoms with Crippen molar-refractivity contribution in [2.75, 3.05) is 49.1 Å². The van der Waals surface area contributed by atoms with Crippen LogP contribution in [0, 0.1) is 26.6 Å². The summed E-state index contributed by atoms with van der Waals surface area (Å²) in [6.45, 7) is 10.1. The van der Waals surface area contributed by atoms with Crippen molar-refractivity contribution in [2.24, 2.45) is 0 Å². The molecule has 1 aromatic heterocycles. The predicted octanol–water partition coefficient (Wildman–Crippen LogP) is 2.90. The van der Waals surface area contributed by atoms with Crippen LogP contribution < -0.4 is 9.80 Å². The Labute approximate surface area is 192 Å². The topological polar surface area (TPSA) is 77.1 Å². The van der Waals surface area contributed by atoms with Crippen LogP contribution in [0.5, 0.6) is 0 Å². The molecule has 4 rings (SSSR count). The second-order valence-corrected chi connectivity index (χ2v) is 8.58. The fourth-order valence-electron chi connectivity index (χ4n) is 4.35. The number of nitrogens with zero attached hydrogens (tertiary/aromatic N) is 5. The van der Waals surface area contributed by atoms with Gasteiger partial charge in [-0.1, -0.05) is 6.07 Å². The molecule has 174 valence electrons. The molecule has 0 bridgehead atoms. The summed E-state index contributed by atoms with van der Waals surface area (Å²) >= 11 is 0. The molecule has 0 radical (unpaired) electrons. The summed E-state index contributed by atoms with van der Waals surface area (Å²) in [5.41, 5.74) is 3.54. The first-order chi connectivity index (χ1) is 15.7. The lowest BCUT2D eigenvalue weighted by molar-refractivity contribution is -0.125. The number of aryl methyl sites for hydroxylation is 3. The van der Waals surface area contributed by atoms with Crippen molar-refractivity contribution in [1.29, 1.82) is 0 Å². The van der Waals surface area contributed by atoms with Crippen LogP contribution in [0.2, 0.25) is 0 Å². The van der Waals surface area contributed by atoms with Crippen LogP contribution in [0.1, 0.15) is 34.1 Å². The number of halogens is 1. The third-order valence-corrected chi connectivity index (χ3v) is 6.38. The molecule has 33 heavy (non-hydrogen) atoms. The monoisotopic (exact) mass is 453 g/mol. The van der Waals surface area contributed by atoms with E-state index in [1.807, 2.05) is 20.8 Å². The molecule has 3 heterocycles. The highest BCUT2D eigenvalue weighted by atomic mass is 19.1. The minimum Gasteiger partial charge on any atom is -0.353 e. The van der Waals surface area contributed by atoms with E-state index >= 15 is 0 Å². The molecule has 4 amide bonds. The van der Waals surface area contributed by atoms with Crippen LogP contribution in [0.4, 0.5) is 20.7 Å². The highest BCUT2D eigenvalue weighted by molar-refractivity contribution is 6.04. The van der Waals surface area contributed by atoms with Gasteiger partial charge in [0.1, 0.15) is 11.6 Å². The van der Waals surface area contributed by atoms with Crippen molar-refractivity contribution in [3.05, 3.63) is 52.5 Å². The predicted molar refractivity (Wildman–Crippen MR) is 123 cm³/mol. The number of amides is 4. The Balaban J connectivity index is 1.44. The number of hydrogen-bond acceptors (Lipinski definition) is 5. The van der Waals surface area contributed by atoms with Gasteiger partial charge in [-0.05, 0) is 50.1 Å². The molecule has 2 aromatic rings. The first kappa shape index (κ1) is 22.7. The largest absolute Gasteiger partial charge is 0.353 e. The van der Waals surface area contributed by atoms with Crippen LogP contribution in [-0.4, -0.2) is 71.9 Å². The number of imide groups is 1. The Kier molecular flexibility index (Phi) is 6.05. The van der Waals surface area contributed by atoms with E-state index in [0.717, 1.165) is 27.5 Å². The molecule has 1 aromatic carbocycles. The molecule has 2 aliphatic rings. The van der Waals surface area contributed by atoms with Crippen molar-refractivity contribution in [3.63, 3.8) is 0 Å². The van der Waals surface area contributed by atoms with Gasteiger partial charge >= 0.3 is 6.03 Å².